The molecule has 1 aromatic rings. The van der Waals surface area contributed by atoms with Gasteiger partial charge in [-0.15, -0.1) is 6.58 Å². The van der Waals surface area contributed by atoms with E-state index < -0.39 is 6.10 Å². The molecule has 0 bridgehead atoms. The van der Waals surface area contributed by atoms with Crippen molar-refractivity contribution < 1.29 is 9.50 Å². The van der Waals surface area contributed by atoms with Crippen LogP contribution in [0.4, 0.5) is 4.39 Å². The third kappa shape index (κ3) is 2.67. The van der Waals surface area contributed by atoms with Gasteiger partial charge in [0.25, 0.3) is 0 Å². The Labute approximate surface area is 83.9 Å². The molecular weight excluding hydrogens is 179 g/mol. The van der Waals surface area contributed by atoms with Gasteiger partial charge >= 0.3 is 0 Å². The summed E-state index contributed by atoms with van der Waals surface area (Å²) in [7, 11) is 0. The lowest BCUT2D eigenvalue weighted by Gasteiger charge is -2.11. The minimum atomic E-state index is -0.784. The van der Waals surface area contributed by atoms with E-state index in [0.29, 0.717) is 12.0 Å². The predicted molar refractivity (Wildman–Crippen MR) is 55.5 cm³/mol. The van der Waals surface area contributed by atoms with Crippen LogP contribution in [0.25, 0.3) is 0 Å². The molecule has 0 saturated carbocycles. The van der Waals surface area contributed by atoms with E-state index in [4.69, 9.17) is 0 Å². The molecule has 0 aliphatic rings. The summed E-state index contributed by atoms with van der Waals surface area (Å²) in [5.41, 5.74) is 2.05. The number of halogens is 1. The SMILES string of the molecule is C=C(C)CC(O)c1ccc(C)cc1F. The topological polar surface area (TPSA) is 20.2 Å². The quantitative estimate of drug-likeness (QED) is 0.733. The second kappa shape index (κ2) is 4.38. The fourth-order valence-electron chi connectivity index (χ4n) is 1.34. The van der Waals surface area contributed by atoms with Crippen molar-refractivity contribution in [3.8, 4) is 0 Å². The zero-order chi connectivity index (χ0) is 10.7. The third-order valence-electron chi connectivity index (χ3n) is 2.06. The zero-order valence-electron chi connectivity index (χ0n) is 8.55. The van der Waals surface area contributed by atoms with Gasteiger partial charge in [0.2, 0.25) is 0 Å². The highest BCUT2D eigenvalue weighted by Gasteiger charge is 2.12. The Morgan fingerprint density at radius 2 is 2.21 bits per heavy atom. The summed E-state index contributed by atoms with van der Waals surface area (Å²) in [6, 6.07) is 4.84. The van der Waals surface area contributed by atoms with Gasteiger partial charge in [-0.2, -0.15) is 0 Å². The van der Waals surface area contributed by atoms with E-state index in [9.17, 15) is 9.50 Å². The first-order valence-corrected chi connectivity index (χ1v) is 4.59. The smallest absolute Gasteiger partial charge is 0.129 e. The Morgan fingerprint density at radius 1 is 1.57 bits per heavy atom. The van der Waals surface area contributed by atoms with Crippen LogP contribution in [0, 0.1) is 12.7 Å². The van der Waals surface area contributed by atoms with Gasteiger partial charge < -0.3 is 5.11 Å². The third-order valence-corrected chi connectivity index (χ3v) is 2.06. The number of rotatable bonds is 3. The van der Waals surface area contributed by atoms with E-state index in [1.54, 1.807) is 12.1 Å². The Balaban J connectivity index is 2.90. The molecule has 0 saturated heterocycles. The minimum absolute atomic E-state index is 0.346. The van der Waals surface area contributed by atoms with Crippen LogP contribution < -0.4 is 0 Å². The molecule has 2 heteroatoms. The van der Waals surface area contributed by atoms with Crippen molar-refractivity contribution >= 4 is 0 Å². The molecule has 0 heterocycles. The van der Waals surface area contributed by atoms with Crippen molar-refractivity contribution in [1.29, 1.82) is 0 Å². The Hall–Kier alpha value is -1.15. The monoisotopic (exact) mass is 194 g/mol. The second-order valence-corrected chi connectivity index (χ2v) is 3.70. The minimum Gasteiger partial charge on any atom is -0.388 e. The molecule has 76 valence electrons. The molecule has 0 amide bonds. The van der Waals surface area contributed by atoms with Crippen LogP contribution in [-0.2, 0) is 0 Å². The number of hydrogen-bond acceptors (Lipinski definition) is 1. The van der Waals surface area contributed by atoms with Crippen molar-refractivity contribution in [2.24, 2.45) is 0 Å². The molecule has 0 radical (unpaired) electrons. The molecule has 1 aromatic carbocycles. The van der Waals surface area contributed by atoms with Gasteiger partial charge in [0, 0.05) is 5.56 Å². The van der Waals surface area contributed by atoms with Crippen LogP contribution in [0.3, 0.4) is 0 Å². The Bertz CT molecular complexity index is 344. The van der Waals surface area contributed by atoms with E-state index >= 15 is 0 Å². The van der Waals surface area contributed by atoms with Crippen LogP contribution in [0.2, 0.25) is 0 Å². The van der Waals surface area contributed by atoms with Crippen LogP contribution in [0.1, 0.15) is 30.6 Å². The summed E-state index contributed by atoms with van der Waals surface area (Å²) in [5, 5.41) is 9.66. The Kier molecular flexibility index (Phi) is 3.42. The molecule has 1 rings (SSSR count). The second-order valence-electron chi connectivity index (χ2n) is 3.70. The van der Waals surface area contributed by atoms with E-state index in [2.05, 4.69) is 6.58 Å². The molecule has 14 heavy (non-hydrogen) atoms. The molecule has 0 spiro atoms. The molecular formula is C12H15FO. The predicted octanol–water partition coefficient (Wildman–Crippen LogP) is 3.13. The van der Waals surface area contributed by atoms with E-state index in [1.807, 2.05) is 13.8 Å². The Morgan fingerprint density at radius 3 is 2.71 bits per heavy atom. The number of aliphatic hydroxyl groups is 1. The number of benzene rings is 1. The number of aliphatic hydroxyl groups excluding tert-OH is 1. The molecule has 1 nitrogen and oxygen atoms in total. The van der Waals surface area contributed by atoms with Crippen molar-refractivity contribution in [1.82, 2.24) is 0 Å². The van der Waals surface area contributed by atoms with E-state index in [0.717, 1.165) is 11.1 Å². The lowest BCUT2D eigenvalue weighted by atomic mass is 10.0. The summed E-state index contributed by atoms with van der Waals surface area (Å²) in [6.45, 7) is 7.32. The number of aryl methyl sites for hydroxylation is 1. The van der Waals surface area contributed by atoms with Crippen LogP contribution in [0.5, 0.6) is 0 Å². The van der Waals surface area contributed by atoms with Crippen molar-refractivity contribution in [3.05, 3.63) is 47.3 Å². The molecule has 0 fully saturated rings. The lowest BCUT2D eigenvalue weighted by Crippen LogP contribution is -2.01. The summed E-state index contributed by atoms with van der Waals surface area (Å²) < 4.78 is 13.4. The fourth-order valence-corrected chi connectivity index (χ4v) is 1.34. The summed E-state index contributed by atoms with van der Waals surface area (Å²) in [5.74, 6) is -0.348. The van der Waals surface area contributed by atoms with Gasteiger partial charge in [-0.25, -0.2) is 4.39 Å². The van der Waals surface area contributed by atoms with Gasteiger partial charge in [0.15, 0.2) is 0 Å². The van der Waals surface area contributed by atoms with Crippen LogP contribution in [0.15, 0.2) is 30.4 Å². The molecule has 0 aliphatic carbocycles. The molecule has 0 aliphatic heterocycles. The lowest BCUT2D eigenvalue weighted by molar-refractivity contribution is 0.173. The highest BCUT2D eigenvalue weighted by molar-refractivity contribution is 5.25. The molecule has 0 aromatic heterocycles. The highest BCUT2D eigenvalue weighted by atomic mass is 19.1. The first kappa shape index (κ1) is 10.9. The first-order valence-electron chi connectivity index (χ1n) is 4.59. The van der Waals surface area contributed by atoms with Crippen LogP contribution in [-0.4, -0.2) is 5.11 Å². The van der Waals surface area contributed by atoms with E-state index in [-0.39, 0.29) is 5.82 Å². The van der Waals surface area contributed by atoms with Crippen molar-refractivity contribution in [3.63, 3.8) is 0 Å². The maximum absolute atomic E-state index is 13.4. The molecule has 1 unspecified atom stereocenters. The maximum Gasteiger partial charge on any atom is 0.129 e. The average molecular weight is 194 g/mol. The van der Waals surface area contributed by atoms with Gasteiger partial charge in [-0.05, 0) is 31.9 Å². The molecule has 1 N–H and O–H groups in total. The average Bonchev–Trinajstić information content (AvgIpc) is 2.01. The van der Waals surface area contributed by atoms with Gasteiger partial charge in [-0.3, -0.25) is 0 Å². The standard InChI is InChI=1S/C12H15FO/c1-8(2)6-12(14)10-5-4-9(3)7-11(10)13/h4-5,7,12,14H,1,6H2,2-3H3. The van der Waals surface area contributed by atoms with Gasteiger partial charge in [0.05, 0.1) is 6.10 Å². The van der Waals surface area contributed by atoms with Crippen molar-refractivity contribution in [2.75, 3.05) is 0 Å². The first-order chi connectivity index (χ1) is 6.50. The zero-order valence-corrected chi connectivity index (χ0v) is 8.55. The normalized spacial score (nSPS) is 12.6. The molecule has 1 atom stereocenters. The van der Waals surface area contributed by atoms with Gasteiger partial charge in [0.1, 0.15) is 5.82 Å². The highest BCUT2D eigenvalue weighted by Crippen LogP contribution is 2.23. The van der Waals surface area contributed by atoms with Crippen molar-refractivity contribution in [2.45, 2.75) is 26.4 Å². The summed E-state index contributed by atoms with van der Waals surface area (Å²) >= 11 is 0. The largest absolute Gasteiger partial charge is 0.388 e. The summed E-state index contributed by atoms with van der Waals surface area (Å²) in [6.07, 6.45) is -0.381. The fraction of sp³-hybridized carbons (Fsp3) is 0.333. The van der Waals surface area contributed by atoms with Gasteiger partial charge in [-0.1, -0.05) is 17.7 Å². The van der Waals surface area contributed by atoms with Crippen LogP contribution >= 0.6 is 0 Å². The maximum atomic E-state index is 13.4. The summed E-state index contributed by atoms with van der Waals surface area (Å²) in [4.78, 5) is 0. The number of hydrogen-bond donors (Lipinski definition) is 1. The van der Waals surface area contributed by atoms with E-state index in [1.165, 1.54) is 6.07 Å².